The van der Waals surface area contributed by atoms with Gasteiger partial charge in [-0.3, -0.25) is 4.79 Å². The summed E-state index contributed by atoms with van der Waals surface area (Å²) < 4.78 is 5.40. The minimum atomic E-state index is -0.473. The molecule has 1 aliphatic carbocycles. The molecule has 0 radical (unpaired) electrons. The van der Waals surface area contributed by atoms with Gasteiger partial charge >= 0.3 is 0 Å². The second kappa shape index (κ2) is 7.24. The molecular weight excluding hydrogens is 254 g/mol. The van der Waals surface area contributed by atoms with Crippen molar-refractivity contribution in [2.75, 3.05) is 7.05 Å². The number of oxazole rings is 1. The Morgan fingerprint density at radius 1 is 1.55 bits per heavy atom. The molecule has 0 saturated heterocycles. The second-order valence-corrected chi connectivity index (χ2v) is 5.08. The van der Waals surface area contributed by atoms with Crippen molar-refractivity contribution in [2.45, 2.75) is 51.1 Å². The quantitative estimate of drug-likeness (QED) is 0.809. The minimum Gasteiger partial charge on any atom is -0.446 e. The number of rotatable bonds is 5. The first-order chi connectivity index (χ1) is 9.76. The van der Waals surface area contributed by atoms with Crippen LogP contribution in [0, 0.1) is 0 Å². The Balaban J connectivity index is 2.03. The van der Waals surface area contributed by atoms with Crippen LogP contribution in [0.5, 0.6) is 0 Å². The lowest BCUT2D eigenvalue weighted by Crippen LogP contribution is -2.41. The monoisotopic (exact) mass is 277 g/mol. The number of hydrogen-bond acceptors (Lipinski definition) is 4. The lowest BCUT2D eigenvalue weighted by Gasteiger charge is -2.20. The van der Waals surface area contributed by atoms with E-state index in [1.807, 2.05) is 6.92 Å². The van der Waals surface area contributed by atoms with Gasteiger partial charge in [0.25, 0.3) is 0 Å². The van der Waals surface area contributed by atoms with Crippen LogP contribution < -0.4 is 10.6 Å². The van der Waals surface area contributed by atoms with Gasteiger partial charge in [0, 0.05) is 6.04 Å². The molecule has 1 heterocycles. The molecule has 5 heteroatoms. The lowest BCUT2D eigenvalue weighted by atomic mass is 10.1. The van der Waals surface area contributed by atoms with Gasteiger partial charge in [0.2, 0.25) is 5.91 Å². The maximum Gasteiger partial charge on any atom is 0.245 e. The normalized spacial score (nSPS) is 20.4. The predicted octanol–water partition coefficient (Wildman–Crippen LogP) is 2.11. The van der Waals surface area contributed by atoms with Gasteiger partial charge in [-0.05, 0) is 39.2 Å². The zero-order valence-corrected chi connectivity index (χ0v) is 12.2. The SMILES string of the molecule is CCc1ncoc1C(NC)C(=O)NC1CC=CCCC1. The molecule has 0 bridgehead atoms. The Morgan fingerprint density at radius 2 is 2.40 bits per heavy atom. The second-order valence-electron chi connectivity index (χ2n) is 5.08. The largest absolute Gasteiger partial charge is 0.446 e. The van der Waals surface area contributed by atoms with Crippen LogP contribution in [-0.4, -0.2) is 24.0 Å². The molecule has 1 aromatic rings. The van der Waals surface area contributed by atoms with Crippen LogP contribution in [0.1, 0.15) is 50.1 Å². The summed E-state index contributed by atoms with van der Waals surface area (Å²) in [6.45, 7) is 2.00. The van der Waals surface area contributed by atoms with E-state index >= 15 is 0 Å². The molecule has 1 aliphatic rings. The standard InChI is InChI=1S/C15H23N3O2/c1-3-12-14(20-10-17-12)13(16-2)15(19)18-11-8-6-4-5-7-9-11/h4,6,10-11,13,16H,3,5,7-9H2,1-2H3,(H,18,19). The summed E-state index contributed by atoms with van der Waals surface area (Å²) in [7, 11) is 1.76. The highest BCUT2D eigenvalue weighted by atomic mass is 16.3. The van der Waals surface area contributed by atoms with Crippen LogP contribution in [0.15, 0.2) is 23.0 Å². The summed E-state index contributed by atoms with van der Waals surface area (Å²) in [4.78, 5) is 16.6. The smallest absolute Gasteiger partial charge is 0.245 e. The zero-order chi connectivity index (χ0) is 14.4. The van der Waals surface area contributed by atoms with Crippen molar-refractivity contribution in [3.05, 3.63) is 30.0 Å². The summed E-state index contributed by atoms with van der Waals surface area (Å²) in [6, 6.07) is -0.259. The van der Waals surface area contributed by atoms with Crippen LogP contribution in [-0.2, 0) is 11.2 Å². The molecule has 0 aromatic carbocycles. The van der Waals surface area contributed by atoms with Crippen LogP contribution in [0.25, 0.3) is 0 Å². The van der Waals surface area contributed by atoms with Crippen molar-refractivity contribution in [1.82, 2.24) is 15.6 Å². The Kier molecular flexibility index (Phi) is 5.35. The first-order valence-electron chi connectivity index (χ1n) is 7.31. The summed E-state index contributed by atoms with van der Waals surface area (Å²) in [6.07, 6.45) is 10.6. The first kappa shape index (κ1) is 14.8. The molecule has 110 valence electrons. The molecule has 1 amide bonds. The minimum absolute atomic E-state index is 0.0424. The fourth-order valence-electron chi connectivity index (χ4n) is 2.55. The molecule has 5 nitrogen and oxygen atoms in total. The van der Waals surface area contributed by atoms with E-state index in [4.69, 9.17) is 4.42 Å². The fraction of sp³-hybridized carbons (Fsp3) is 0.600. The van der Waals surface area contributed by atoms with Crippen LogP contribution in [0.2, 0.25) is 0 Å². The van der Waals surface area contributed by atoms with Crippen molar-refractivity contribution < 1.29 is 9.21 Å². The lowest BCUT2D eigenvalue weighted by molar-refractivity contribution is -0.124. The molecule has 2 rings (SSSR count). The number of carbonyl (C=O) groups excluding carboxylic acids is 1. The number of nitrogens with zero attached hydrogens (tertiary/aromatic N) is 1. The number of aromatic nitrogens is 1. The fourth-order valence-corrected chi connectivity index (χ4v) is 2.55. The number of allylic oxidation sites excluding steroid dienone is 1. The number of nitrogens with one attached hydrogen (secondary N) is 2. The van der Waals surface area contributed by atoms with Gasteiger partial charge in [-0.15, -0.1) is 0 Å². The van der Waals surface area contributed by atoms with Gasteiger partial charge in [-0.1, -0.05) is 19.1 Å². The molecule has 1 aromatic heterocycles. The first-order valence-corrected chi connectivity index (χ1v) is 7.31. The third-order valence-electron chi connectivity index (χ3n) is 3.68. The molecule has 20 heavy (non-hydrogen) atoms. The Bertz CT molecular complexity index is 467. The average molecular weight is 277 g/mol. The average Bonchev–Trinajstić information content (AvgIpc) is 2.76. The van der Waals surface area contributed by atoms with Gasteiger partial charge in [-0.25, -0.2) is 4.98 Å². The molecule has 0 saturated carbocycles. The van der Waals surface area contributed by atoms with Crippen molar-refractivity contribution in [2.24, 2.45) is 0 Å². The van der Waals surface area contributed by atoms with Crippen LogP contribution in [0.3, 0.4) is 0 Å². The highest BCUT2D eigenvalue weighted by Gasteiger charge is 2.26. The Hall–Kier alpha value is -1.62. The van der Waals surface area contributed by atoms with Crippen LogP contribution in [0.4, 0.5) is 0 Å². The molecule has 2 atom stereocenters. The van der Waals surface area contributed by atoms with E-state index in [2.05, 4.69) is 27.8 Å². The van der Waals surface area contributed by atoms with Crippen molar-refractivity contribution in [3.63, 3.8) is 0 Å². The van der Waals surface area contributed by atoms with Crippen molar-refractivity contribution in [1.29, 1.82) is 0 Å². The van der Waals surface area contributed by atoms with E-state index in [-0.39, 0.29) is 11.9 Å². The summed E-state index contributed by atoms with van der Waals surface area (Å²) >= 11 is 0. The Morgan fingerprint density at radius 3 is 3.15 bits per heavy atom. The van der Waals surface area contributed by atoms with E-state index < -0.39 is 6.04 Å². The molecule has 2 unspecified atom stereocenters. The van der Waals surface area contributed by atoms with Crippen molar-refractivity contribution >= 4 is 5.91 Å². The van der Waals surface area contributed by atoms with E-state index in [1.165, 1.54) is 6.39 Å². The number of hydrogen-bond donors (Lipinski definition) is 2. The molecular formula is C15H23N3O2. The molecule has 2 N–H and O–H groups in total. The molecule has 0 fully saturated rings. The summed E-state index contributed by atoms with van der Waals surface area (Å²) in [5.74, 6) is 0.580. The van der Waals surface area contributed by atoms with Crippen molar-refractivity contribution in [3.8, 4) is 0 Å². The van der Waals surface area contributed by atoms with Gasteiger partial charge < -0.3 is 15.1 Å². The zero-order valence-electron chi connectivity index (χ0n) is 12.2. The number of amides is 1. The van der Waals surface area contributed by atoms with E-state index in [0.29, 0.717) is 5.76 Å². The number of likely N-dealkylation sites (N-methyl/N-ethyl adjacent to an activating group) is 1. The molecule has 0 aliphatic heterocycles. The maximum atomic E-state index is 12.4. The highest BCUT2D eigenvalue weighted by molar-refractivity contribution is 5.83. The highest BCUT2D eigenvalue weighted by Crippen LogP contribution is 2.19. The summed E-state index contributed by atoms with van der Waals surface area (Å²) in [5, 5.41) is 6.13. The van der Waals surface area contributed by atoms with Gasteiger partial charge in [0.05, 0.1) is 5.69 Å². The number of carbonyl (C=O) groups is 1. The van der Waals surface area contributed by atoms with E-state index in [0.717, 1.165) is 37.8 Å². The Labute approximate surface area is 119 Å². The van der Waals surface area contributed by atoms with E-state index in [9.17, 15) is 4.79 Å². The van der Waals surface area contributed by atoms with Gasteiger partial charge in [-0.2, -0.15) is 0 Å². The third kappa shape index (κ3) is 3.48. The maximum absolute atomic E-state index is 12.4. The third-order valence-corrected chi connectivity index (χ3v) is 3.68. The van der Waals surface area contributed by atoms with Crippen LogP contribution >= 0.6 is 0 Å². The topological polar surface area (TPSA) is 67.2 Å². The van der Waals surface area contributed by atoms with Gasteiger partial charge in [0.15, 0.2) is 12.2 Å². The number of aryl methyl sites for hydroxylation is 1. The summed E-state index contributed by atoms with van der Waals surface area (Å²) in [5.41, 5.74) is 0.834. The molecule has 0 spiro atoms. The van der Waals surface area contributed by atoms with E-state index in [1.54, 1.807) is 7.05 Å². The van der Waals surface area contributed by atoms with Gasteiger partial charge in [0.1, 0.15) is 6.04 Å². The predicted molar refractivity (Wildman–Crippen MR) is 77.2 cm³/mol.